The summed E-state index contributed by atoms with van der Waals surface area (Å²) in [7, 11) is 0. The molecule has 1 aliphatic heterocycles. The molecule has 1 N–H and O–H groups in total. The van der Waals surface area contributed by atoms with Gasteiger partial charge in [0.2, 0.25) is 11.8 Å². The van der Waals surface area contributed by atoms with E-state index >= 15 is 0 Å². The lowest BCUT2D eigenvalue weighted by atomic mass is 10.2. The van der Waals surface area contributed by atoms with E-state index in [9.17, 15) is 18.4 Å². The summed E-state index contributed by atoms with van der Waals surface area (Å²) in [6.45, 7) is 2.12. The summed E-state index contributed by atoms with van der Waals surface area (Å²) in [5, 5.41) is 2.13. The lowest BCUT2D eigenvalue weighted by Gasteiger charge is -2.35. The first-order chi connectivity index (χ1) is 12.5. The number of para-hydroxylation sites is 1. The van der Waals surface area contributed by atoms with Gasteiger partial charge in [0.15, 0.2) is 0 Å². The van der Waals surface area contributed by atoms with Crippen LogP contribution in [0, 0.1) is 11.6 Å². The Morgan fingerprint density at radius 1 is 1.00 bits per heavy atom. The van der Waals surface area contributed by atoms with Gasteiger partial charge in [-0.15, -0.1) is 0 Å². The number of pyridine rings is 1. The van der Waals surface area contributed by atoms with Gasteiger partial charge < -0.3 is 15.1 Å². The third kappa shape index (κ3) is 4.14. The third-order valence-corrected chi connectivity index (χ3v) is 4.14. The first-order valence-corrected chi connectivity index (χ1v) is 8.22. The van der Waals surface area contributed by atoms with Crippen LogP contribution in [0.4, 0.5) is 20.3 Å². The Morgan fingerprint density at radius 2 is 1.69 bits per heavy atom. The summed E-state index contributed by atoms with van der Waals surface area (Å²) in [5.41, 5.74) is -0.537. The number of hydrogen-bond acceptors (Lipinski definition) is 4. The van der Waals surface area contributed by atoms with Gasteiger partial charge in [0.05, 0.1) is 0 Å². The fourth-order valence-electron chi connectivity index (χ4n) is 2.78. The molecule has 2 amide bonds. The van der Waals surface area contributed by atoms with E-state index in [-0.39, 0.29) is 5.91 Å². The molecular formula is C18H18F2N4O2. The number of hydrogen-bond donors (Lipinski definition) is 1. The predicted molar refractivity (Wildman–Crippen MR) is 92.6 cm³/mol. The molecule has 0 saturated carbocycles. The number of rotatable bonds is 4. The fourth-order valence-corrected chi connectivity index (χ4v) is 2.78. The van der Waals surface area contributed by atoms with Crippen molar-refractivity contribution in [3.63, 3.8) is 0 Å². The molecule has 0 unspecified atom stereocenters. The Hall–Kier alpha value is -3.03. The van der Waals surface area contributed by atoms with Crippen LogP contribution in [0.15, 0.2) is 42.6 Å². The van der Waals surface area contributed by atoms with Crippen LogP contribution in [0.1, 0.15) is 6.42 Å². The standard InChI is InChI=1S/C18H18F2N4O2/c19-13-4-3-5-14(20)18(13)22-16(25)12-17(26)24-10-8-23(9-11-24)15-6-1-2-7-21-15/h1-7H,8-12H2,(H,22,25). The van der Waals surface area contributed by atoms with Gasteiger partial charge in [0.1, 0.15) is 29.6 Å². The maximum absolute atomic E-state index is 13.5. The molecule has 0 spiro atoms. The number of carbonyl (C=O) groups is 2. The Kier molecular flexibility index (Phi) is 5.40. The van der Waals surface area contributed by atoms with E-state index in [4.69, 9.17) is 0 Å². The van der Waals surface area contributed by atoms with E-state index in [2.05, 4.69) is 15.2 Å². The zero-order valence-corrected chi connectivity index (χ0v) is 14.0. The molecule has 6 nitrogen and oxygen atoms in total. The number of anilines is 2. The van der Waals surface area contributed by atoms with Crippen molar-refractivity contribution in [3.8, 4) is 0 Å². The Morgan fingerprint density at radius 3 is 2.31 bits per heavy atom. The van der Waals surface area contributed by atoms with Crippen molar-refractivity contribution >= 4 is 23.3 Å². The largest absolute Gasteiger partial charge is 0.353 e. The Labute approximate surface area is 149 Å². The van der Waals surface area contributed by atoms with Crippen LogP contribution in [-0.2, 0) is 9.59 Å². The van der Waals surface area contributed by atoms with Crippen molar-refractivity contribution in [2.45, 2.75) is 6.42 Å². The van der Waals surface area contributed by atoms with Crippen LogP contribution in [-0.4, -0.2) is 47.9 Å². The number of carbonyl (C=O) groups excluding carboxylic acids is 2. The number of halogens is 2. The van der Waals surface area contributed by atoms with Crippen LogP contribution >= 0.6 is 0 Å². The molecule has 0 aliphatic carbocycles. The molecule has 1 aromatic heterocycles. The van der Waals surface area contributed by atoms with Crippen LogP contribution in [0.3, 0.4) is 0 Å². The summed E-state index contributed by atoms with van der Waals surface area (Å²) >= 11 is 0. The van der Waals surface area contributed by atoms with E-state index in [0.717, 1.165) is 18.0 Å². The van der Waals surface area contributed by atoms with E-state index < -0.39 is 29.6 Å². The number of piperazine rings is 1. The summed E-state index contributed by atoms with van der Waals surface area (Å²) in [4.78, 5) is 32.1. The predicted octanol–water partition coefficient (Wildman–Crippen LogP) is 2.04. The van der Waals surface area contributed by atoms with Gasteiger partial charge in [-0.05, 0) is 24.3 Å². The van der Waals surface area contributed by atoms with Gasteiger partial charge in [0, 0.05) is 32.4 Å². The molecule has 26 heavy (non-hydrogen) atoms. The van der Waals surface area contributed by atoms with Crippen molar-refractivity contribution in [2.75, 3.05) is 36.4 Å². The summed E-state index contributed by atoms with van der Waals surface area (Å²) < 4.78 is 27.1. The van der Waals surface area contributed by atoms with Gasteiger partial charge in [-0.2, -0.15) is 0 Å². The molecule has 2 heterocycles. The smallest absolute Gasteiger partial charge is 0.233 e. The molecule has 0 atom stereocenters. The highest BCUT2D eigenvalue weighted by Crippen LogP contribution is 2.18. The van der Waals surface area contributed by atoms with Gasteiger partial charge in [-0.25, -0.2) is 13.8 Å². The fraction of sp³-hybridized carbons (Fsp3) is 0.278. The molecule has 0 radical (unpaired) electrons. The molecule has 2 aromatic rings. The number of amides is 2. The van der Waals surface area contributed by atoms with Crippen molar-refractivity contribution in [3.05, 3.63) is 54.2 Å². The topological polar surface area (TPSA) is 65.5 Å². The molecule has 3 rings (SSSR count). The SMILES string of the molecule is O=C(CC(=O)N1CCN(c2ccccn2)CC1)Nc1c(F)cccc1F. The average molecular weight is 360 g/mol. The number of nitrogens with zero attached hydrogens (tertiary/aromatic N) is 3. The van der Waals surface area contributed by atoms with E-state index in [1.807, 2.05) is 18.2 Å². The quantitative estimate of drug-likeness (QED) is 0.848. The van der Waals surface area contributed by atoms with E-state index in [0.29, 0.717) is 26.2 Å². The molecule has 1 aliphatic rings. The van der Waals surface area contributed by atoms with Crippen LogP contribution in [0.2, 0.25) is 0 Å². The van der Waals surface area contributed by atoms with Crippen LogP contribution in [0.5, 0.6) is 0 Å². The van der Waals surface area contributed by atoms with Crippen LogP contribution < -0.4 is 10.2 Å². The van der Waals surface area contributed by atoms with Gasteiger partial charge in [0.25, 0.3) is 0 Å². The minimum Gasteiger partial charge on any atom is -0.353 e. The minimum atomic E-state index is -0.880. The van der Waals surface area contributed by atoms with E-state index in [1.54, 1.807) is 11.1 Å². The first kappa shape index (κ1) is 17.8. The van der Waals surface area contributed by atoms with Gasteiger partial charge in [-0.3, -0.25) is 9.59 Å². The lowest BCUT2D eigenvalue weighted by molar-refractivity contribution is -0.134. The summed E-state index contributed by atoms with van der Waals surface area (Å²) in [6, 6.07) is 8.90. The van der Waals surface area contributed by atoms with Crippen molar-refractivity contribution in [1.29, 1.82) is 0 Å². The van der Waals surface area contributed by atoms with E-state index in [1.165, 1.54) is 6.07 Å². The molecule has 136 valence electrons. The molecule has 8 heteroatoms. The second kappa shape index (κ2) is 7.90. The highest BCUT2D eigenvalue weighted by molar-refractivity contribution is 6.03. The maximum atomic E-state index is 13.5. The molecule has 1 saturated heterocycles. The van der Waals surface area contributed by atoms with Crippen molar-refractivity contribution in [2.24, 2.45) is 0 Å². The Balaban J connectivity index is 1.52. The zero-order valence-electron chi connectivity index (χ0n) is 14.0. The number of benzene rings is 1. The minimum absolute atomic E-state index is 0.375. The normalized spacial score (nSPS) is 14.2. The second-order valence-corrected chi connectivity index (χ2v) is 5.88. The molecule has 1 aromatic carbocycles. The van der Waals surface area contributed by atoms with Gasteiger partial charge >= 0.3 is 0 Å². The summed E-state index contributed by atoms with van der Waals surface area (Å²) in [6.07, 6.45) is 1.25. The molecule has 0 bridgehead atoms. The van der Waals surface area contributed by atoms with Crippen molar-refractivity contribution in [1.82, 2.24) is 9.88 Å². The zero-order chi connectivity index (χ0) is 18.5. The maximum Gasteiger partial charge on any atom is 0.233 e. The van der Waals surface area contributed by atoms with Crippen molar-refractivity contribution < 1.29 is 18.4 Å². The molecular weight excluding hydrogens is 342 g/mol. The monoisotopic (exact) mass is 360 g/mol. The lowest BCUT2D eigenvalue weighted by Crippen LogP contribution is -2.49. The van der Waals surface area contributed by atoms with Gasteiger partial charge in [-0.1, -0.05) is 12.1 Å². The second-order valence-electron chi connectivity index (χ2n) is 5.88. The number of nitrogens with one attached hydrogen (secondary N) is 1. The Bertz CT molecular complexity index is 773. The summed E-state index contributed by atoms with van der Waals surface area (Å²) in [5.74, 6) is -2.04. The highest BCUT2D eigenvalue weighted by Gasteiger charge is 2.24. The number of aromatic nitrogens is 1. The third-order valence-electron chi connectivity index (χ3n) is 4.14. The first-order valence-electron chi connectivity index (χ1n) is 8.22. The van der Waals surface area contributed by atoms with Crippen LogP contribution in [0.25, 0.3) is 0 Å². The molecule has 1 fully saturated rings. The average Bonchev–Trinajstić information content (AvgIpc) is 2.66. The highest BCUT2D eigenvalue weighted by atomic mass is 19.1.